The fourth-order valence-electron chi connectivity index (χ4n) is 3.22. The third-order valence-electron chi connectivity index (χ3n) is 4.31. The second-order valence-electron chi connectivity index (χ2n) is 5.74. The number of nitrogens with two attached hydrogens (primary N) is 1. The Balaban J connectivity index is 2.06. The molecule has 4 heteroatoms. The van der Waals surface area contributed by atoms with Gasteiger partial charge in [-0.1, -0.05) is 18.9 Å². The van der Waals surface area contributed by atoms with Crippen LogP contribution in [0.5, 0.6) is 0 Å². The monoisotopic (exact) mass is 272 g/mol. The zero-order valence-corrected chi connectivity index (χ0v) is 12.3. The molecule has 1 atom stereocenters. The third kappa shape index (κ3) is 2.40. The van der Waals surface area contributed by atoms with Crippen molar-refractivity contribution in [3.8, 4) is 0 Å². The van der Waals surface area contributed by atoms with Crippen LogP contribution in [0.1, 0.15) is 38.3 Å². The molecule has 0 aromatic carbocycles. The lowest BCUT2D eigenvalue weighted by molar-refractivity contribution is 0.609. The van der Waals surface area contributed by atoms with Crippen molar-refractivity contribution in [3.63, 3.8) is 0 Å². The number of nitrogens with zero attached hydrogens (tertiary/aromatic N) is 3. The third-order valence-corrected chi connectivity index (χ3v) is 4.31. The minimum Gasteiger partial charge on any atom is -0.352 e. The molecule has 0 amide bonds. The van der Waals surface area contributed by atoms with Gasteiger partial charge in [-0.2, -0.15) is 0 Å². The highest BCUT2D eigenvalue weighted by molar-refractivity contribution is 5.56. The Morgan fingerprint density at radius 1 is 1.30 bits per heavy atom. The van der Waals surface area contributed by atoms with Crippen LogP contribution in [-0.2, 0) is 6.42 Å². The van der Waals surface area contributed by atoms with Crippen LogP contribution in [0.2, 0.25) is 0 Å². The quantitative estimate of drug-likeness (QED) is 0.934. The predicted octanol–water partition coefficient (Wildman–Crippen LogP) is 2.60. The average molecular weight is 272 g/mol. The molecule has 108 valence electrons. The number of fused-ring (bicyclic) bond motifs is 1. The number of imidazole rings is 1. The van der Waals surface area contributed by atoms with Crippen LogP contribution in [0.15, 0.2) is 24.4 Å². The lowest BCUT2D eigenvalue weighted by Gasteiger charge is -2.28. The molecule has 3 heterocycles. The minimum atomic E-state index is 0.568. The topological polar surface area (TPSA) is 46.6 Å². The summed E-state index contributed by atoms with van der Waals surface area (Å²) in [5, 5.41) is 0. The normalized spacial score (nSPS) is 20.3. The minimum absolute atomic E-state index is 0.568. The summed E-state index contributed by atoms with van der Waals surface area (Å²) in [6.45, 7) is 4.10. The molecule has 1 aliphatic heterocycles. The molecule has 0 radical (unpaired) electrons. The fraction of sp³-hybridized carbons (Fsp3) is 0.562. The first-order valence-corrected chi connectivity index (χ1v) is 7.74. The van der Waals surface area contributed by atoms with Gasteiger partial charge < -0.3 is 15.0 Å². The molecule has 4 nitrogen and oxygen atoms in total. The Hall–Kier alpha value is -1.55. The highest BCUT2D eigenvalue weighted by Crippen LogP contribution is 2.27. The molecule has 1 aliphatic rings. The van der Waals surface area contributed by atoms with Gasteiger partial charge in [0.1, 0.15) is 5.65 Å². The molecule has 0 aliphatic carbocycles. The molecule has 0 saturated carbocycles. The molecule has 2 N–H and O–H groups in total. The van der Waals surface area contributed by atoms with E-state index in [4.69, 9.17) is 10.7 Å². The molecule has 20 heavy (non-hydrogen) atoms. The summed E-state index contributed by atoms with van der Waals surface area (Å²) in [5.41, 5.74) is 8.11. The van der Waals surface area contributed by atoms with Crippen molar-refractivity contribution in [2.45, 2.75) is 45.1 Å². The molecule has 1 fully saturated rings. The second-order valence-corrected chi connectivity index (χ2v) is 5.74. The highest BCUT2D eigenvalue weighted by atomic mass is 15.2. The van der Waals surface area contributed by atoms with Gasteiger partial charge in [0.2, 0.25) is 0 Å². The second kappa shape index (κ2) is 5.83. The van der Waals surface area contributed by atoms with Gasteiger partial charge in [0.15, 0.2) is 5.82 Å². The van der Waals surface area contributed by atoms with Crippen molar-refractivity contribution in [3.05, 3.63) is 30.1 Å². The Labute approximate surface area is 120 Å². The van der Waals surface area contributed by atoms with Gasteiger partial charge in [-0.15, -0.1) is 0 Å². The van der Waals surface area contributed by atoms with Gasteiger partial charge in [-0.25, -0.2) is 4.98 Å². The number of hydrogen-bond acceptors (Lipinski definition) is 3. The van der Waals surface area contributed by atoms with Gasteiger partial charge in [0, 0.05) is 25.2 Å². The van der Waals surface area contributed by atoms with Crippen molar-refractivity contribution in [2.75, 3.05) is 18.0 Å². The molecular weight excluding hydrogens is 248 g/mol. The van der Waals surface area contributed by atoms with Crippen LogP contribution < -0.4 is 10.6 Å². The van der Waals surface area contributed by atoms with Crippen molar-refractivity contribution in [2.24, 2.45) is 5.73 Å². The van der Waals surface area contributed by atoms with Crippen molar-refractivity contribution in [1.82, 2.24) is 9.38 Å². The average Bonchev–Trinajstić information content (AvgIpc) is 2.67. The van der Waals surface area contributed by atoms with E-state index in [9.17, 15) is 0 Å². The maximum atomic E-state index is 5.82. The lowest BCUT2D eigenvalue weighted by atomic mass is 10.1. The molecule has 3 rings (SSSR count). The molecule has 0 spiro atoms. The van der Waals surface area contributed by atoms with Crippen LogP contribution in [0, 0.1) is 0 Å². The smallest absolute Gasteiger partial charge is 0.151 e. The zero-order chi connectivity index (χ0) is 13.9. The van der Waals surface area contributed by atoms with E-state index in [1.807, 2.05) is 6.07 Å². The molecule has 2 aromatic heterocycles. The van der Waals surface area contributed by atoms with E-state index < -0.39 is 0 Å². The van der Waals surface area contributed by atoms with E-state index in [0.29, 0.717) is 12.6 Å². The van der Waals surface area contributed by atoms with E-state index in [1.165, 1.54) is 31.4 Å². The lowest BCUT2D eigenvalue weighted by Crippen LogP contribution is -2.33. The Kier molecular flexibility index (Phi) is 3.92. The summed E-state index contributed by atoms with van der Waals surface area (Å²) in [5.74, 6) is 1.15. The first-order chi connectivity index (χ1) is 9.81. The van der Waals surface area contributed by atoms with E-state index >= 15 is 0 Å². The summed E-state index contributed by atoms with van der Waals surface area (Å²) in [6.07, 6.45) is 8.16. The van der Waals surface area contributed by atoms with Gasteiger partial charge in [-0.3, -0.25) is 0 Å². The van der Waals surface area contributed by atoms with E-state index in [1.54, 1.807) is 0 Å². The van der Waals surface area contributed by atoms with Gasteiger partial charge in [0.25, 0.3) is 0 Å². The number of anilines is 1. The molecule has 1 unspecified atom stereocenters. The molecule has 2 aromatic rings. The maximum absolute atomic E-state index is 5.82. The summed E-state index contributed by atoms with van der Waals surface area (Å²) < 4.78 is 2.19. The van der Waals surface area contributed by atoms with Crippen molar-refractivity contribution in [1.29, 1.82) is 0 Å². The van der Waals surface area contributed by atoms with E-state index in [0.717, 1.165) is 24.4 Å². The molecule has 0 bridgehead atoms. The van der Waals surface area contributed by atoms with Crippen LogP contribution in [0.4, 0.5) is 5.82 Å². The number of pyridine rings is 1. The number of rotatable bonds is 3. The standard InChI is InChI=1S/C16H24N4/c1-13-7-3-2-5-11-19(13)16-14(9-10-17)20-12-6-4-8-15(20)18-16/h4,6,8,12-13H,2-3,5,7,9-11,17H2,1H3. The first kappa shape index (κ1) is 13.4. The van der Waals surface area contributed by atoms with E-state index in [-0.39, 0.29) is 0 Å². The van der Waals surface area contributed by atoms with Crippen LogP contribution in [0.25, 0.3) is 5.65 Å². The Morgan fingerprint density at radius 3 is 3.05 bits per heavy atom. The Bertz CT molecular complexity index is 575. The zero-order valence-electron chi connectivity index (χ0n) is 12.3. The summed E-state index contributed by atoms with van der Waals surface area (Å²) >= 11 is 0. The van der Waals surface area contributed by atoms with Crippen LogP contribution in [-0.4, -0.2) is 28.5 Å². The first-order valence-electron chi connectivity index (χ1n) is 7.74. The summed E-state index contributed by atoms with van der Waals surface area (Å²) in [6, 6.07) is 6.75. The largest absolute Gasteiger partial charge is 0.352 e. The SMILES string of the molecule is CC1CCCCCN1c1nc2ccccn2c1CCN. The van der Waals surface area contributed by atoms with E-state index in [2.05, 4.69) is 34.6 Å². The maximum Gasteiger partial charge on any atom is 0.151 e. The summed E-state index contributed by atoms with van der Waals surface area (Å²) in [7, 11) is 0. The molecular formula is C16H24N4. The van der Waals surface area contributed by atoms with Crippen LogP contribution >= 0.6 is 0 Å². The van der Waals surface area contributed by atoms with Gasteiger partial charge >= 0.3 is 0 Å². The van der Waals surface area contributed by atoms with Gasteiger partial charge in [-0.05, 0) is 38.4 Å². The number of aromatic nitrogens is 2. The van der Waals surface area contributed by atoms with Crippen molar-refractivity contribution < 1.29 is 0 Å². The molecule has 1 saturated heterocycles. The fourth-order valence-corrected chi connectivity index (χ4v) is 3.22. The summed E-state index contributed by atoms with van der Waals surface area (Å²) in [4.78, 5) is 7.37. The Morgan fingerprint density at radius 2 is 2.20 bits per heavy atom. The number of hydrogen-bond donors (Lipinski definition) is 1. The van der Waals surface area contributed by atoms with Crippen molar-refractivity contribution >= 4 is 11.5 Å². The van der Waals surface area contributed by atoms with Gasteiger partial charge in [0.05, 0.1) is 5.69 Å². The predicted molar refractivity (Wildman–Crippen MR) is 83.2 cm³/mol. The highest BCUT2D eigenvalue weighted by Gasteiger charge is 2.23. The van der Waals surface area contributed by atoms with Crippen LogP contribution in [0.3, 0.4) is 0 Å².